The summed E-state index contributed by atoms with van der Waals surface area (Å²) >= 11 is 3.66. The number of carbonyl (C=O) groups excluding carboxylic acids is 1. The predicted molar refractivity (Wildman–Crippen MR) is 67.1 cm³/mol. The Labute approximate surface area is 102 Å². The molecule has 1 aliphatic rings. The lowest BCUT2D eigenvalue weighted by Crippen LogP contribution is -2.45. The van der Waals surface area contributed by atoms with E-state index in [9.17, 15) is 4.79 Å². The molecule has 1 aliphatic heterocycles. The average molecular weight is 276 g/mol. The van der Waals surface area contributed by atoms with Crippen molar-refractivity contribution in [3.05, 3.63) is 0 Å². The number of piperidine rings is 1. The van der Waals surface area contributed by atoms with Gasteiger partial charge >= 0.3 is 0 Å². The first-order chi connectivity index (χ1) is 7.10. The summed E-state index contributed by atoms with van der Waals surface area (Å²) < 4.78 is 0. The van der Waals surface area contributed by atoms with Gasteiger partial charge in [-0.2, -0.15) is 0 Å². The van der Waals surface area contributed by atoms with E-state index in [0.717, 1.165) is 32.4 Å². The summed E-state index contributed by atoms with van der Waals surface area (Å²) in [4.78, 5) is 14.8. The van der Waals surface area contributed by atoms with Crippen molar-refractivity contribution in [1.82, 2.24) is 4.90 Å². The Morgan fingerprint density at radius 1 is 1.47 bits per heavy atom. The first kappa shape index (κ1) is 13.0. The molecule has 0 aromatic heterocycles. The van der Waals surface area contributed by atoms with Crippen LogP contribution in [0.5, 0.6) is 0 Å². The molecule has 15 heavy (non-hydrogen) atoms. The molecule has 88 valence electrons. The van der Waals surface area contributed by atoms with Crippen LogP contribution in [0.3, 0.4) is 0 Å². The Balaban J connectivity index is 2.53. The number of likely N-dealkylation sites (tertiary alicyclic amines) is 1. The third-order valence-corrected chi connectivity index (χ3v) is 4.81. The van der Waals surface area contributed by atoms with Gasteiger partial charge in [0.1, 0.15) is 0 Å². The third-order valence-electron chi connectivity index (χ3n) is 3.45. The van der Waals surface area contributed by atoms with Crippen molar-refractivity contribution in [2.75, 3.05) is 13.1 Å². The van der Waals surface area contributed by atoms with E-state index in [2.05, 4.69) is 41.6 Å². The Hall–Kier alpha value is -0.0500. The van der Waals surface area contributed by atoms with Gasteiger partial charge in [-0.25, -0.2) is 0 Å². The molecule has 1 saturated heterocycles. The molecule has 0 N–H and O–H groups in total. The summed E-state index contributed by atoms with van der Waals surface area (Å²) in [6.45, 7) is 8.27. The predicted octanol–water partition coefficient (Wildman–Crippen LogP) is 3.05. The molecule has 2 unspecified atom stereocenters. The van der Waals surface area contributed by atoms with E-state index in [4.69, 9.17) is 0 Å². The first-order valence-electron chi connectivity index (χ1n) is 6.02. The molecule has 1 heterocycles. The van der Waals surface area contributed by atoms with Crippen molar-refractivity contribution in [1.29, 1.82) is 0 Å². The van der Waals surface area contributed by atoms with Gasteiger partial charge in [0.25, 0.3) is 0 Å². The van der Waals surface area contributed by atoms with Crippen LogP contribution in [0.2, 0.25) is 0 Å². The van der Waals surface area contributed by atoms with Crippen molar-refractivity contribution in [2.24, 2.45) is 11.8 Å². The number of hydrogen-bond donors (Lipinski definition) is 0. The lowest BCUT2D eigenvalue weighted by atomic mass is 9.96. The van der Waals surface area contributed by atoms with Gasteiger partial charge in [-0.1, -0.05) is 36.7 Å². The van der Waals surface area contributed by atoms with Crippen LogP contribution in [0.25, 0.3) is 0 Å². The Bertz CT molecular complexity index is 216. The monoisotopic (exact) mass is 275 g/mol. The lowest BCUT2D eigenvalue weighted by Gasteiger charge is -2.36. The number of halogens is 1. The summed E-state index contributed by atoms with van der Waals surface area (Å²) in [5, 5.41) is 0. The molecule has 0 saturated carbocycles. The summed E-state index contributed by atoms with van der Waals surface area (Å²) in [7, 11) is 0. The molecule has 1 amide bonds. The molecule has 2 nitrogen and oxygen atoms in total. The Morgan fingerprint density at radius 2 is 2.07 bits per heavy atom. The maximum Gasteiger partial charge on any atom is 0.225 e. The minimum absolute atomic E-state index is 0.240. The molecule has 0 spiro atoms. The van der Waals surface area contributed by atoms with Crippen LogP contribution in [0.1, 0.15) is 40.0 Å². The zero-order chi connectivity index (χ0) is 11.4. The van der Waals surface area contributed by atoms with E-state index < -0.39 is 0 Å². The number of hydrogen-bond acceptors (Lipinski definition) is 1. The molecule has 0 bridgehead atoms. The average Bonchev–Trinajstić information content (AvgIpc) is 2.23. The summed E-state index contributed by atoms with van der Waals surface area (Å²) in [5.41, 5.74) is 0. The first-order valence-corrected chi connectivity index (χ1v) is 6.94. The topological polar surface area (TPSA) is 20.3 Å². The quantitative estimate of drug-likeness (QED) is 0.725. The SMILES string of the molecule is CCC(CC)C(=O)N1CCC(Br)C(C)C1. The van der Waals surface area contributed by atoms with E-state index in [0.29, 0.717) is 16.7 Å². The molecule has 0 aromatic rings. The number of rotatable bonds is 3. The van der Waals surface area contributed by atoms with Gasteiger partial charge in [-0.05, 0) is 25.2 Å². The zero-order valence-corrected chi connectivity index (χ0v) is 11.6. The van der Waals surface area contributed by atoms with Crippen molar-refractivity contribution >= 4 is 21.8 Å². The molecule has 2 atom stereocenters. The van der Waals surface area contributed by atoms with E-state index in [1.165, 1.54) is 0 Å². The highest BCUT2D eigenvalue weighted by atomic mass is 79.9. The van der Waals surface area contributed by atoms with Crippen LogP contribution in [-0.2, 0) is 4.79 Å². The fraction of sp³-hybridized carbons (Fsp3) is 0.917. The standard InChI is InChI=1S/C12H22BrNO/c1-4-10(5-2)12(15)14-7-6-11(13)9(3)8-14/h9-11H,4-8H2,1-3H3. The van der Waals surface area contributed by atoms with Crippen LogP contribution >= 0.6 is 15.9 Å². The van der Waals surface area contributed by atoms with E-state index in [1.807, 2.05) is 0 Å². The highest BCUT2D eigenvalue weighted by Crippen LogP contribution is 2.25. The minimum atomic E-state index is 0.240. The fourth-order valence-electron chi connectivity index (χ4n) is 2.21. The second-order valence-corrected chi connectivity index (χ2v) is 5.76. The van der Waals surface area contributed by atoms with Crippen LogP contribution < -0.4 is 0 Å². The van der Waals surface area contributed by atoms with Crippen molar-refractivity contribution in [2.45, 2.75) is 44.9 Å². The van der Waals surface area contributed by atoms with Gasteiger partial charge in [0.2, 0.25) is 5.91 Å². The smallest absolute Gasteiger partial charge is 0.225 e. The molecule has 0 radical (unpaired) electrons. The largest absolute Gasteiger partial charge is 0.342 e. The van der Waals surface area contributed by atoms with Gasteiger partial charge in [0.05, 0.1) is 0 Å². The minimum Gasteiger partial charge on any atom is -0.342 e. The van der Waals surface area contributed by atoms with Crippen molar-refractivity contribution in [3.63, 3.8) is 0 Å². The van der Waals surface area contributed by atoms with Crippen LogP contribution in [-0.4, -0.2) is 28.7 Å². The fourth-order valence-corrected chi connectivity index (χ4v) is 2.59. The maximum absolute atomic E-state index is 12.1. The highest BCUT2D eigenvalue weighted by molar-refractivity contribution is 9.09. The number of carbonyl (C=O) groups is 1. The van der Waals surface area contributed by atoms with E-state index >= 15 is 0 Å². The summed E-state index contributed by atoms with van der Waals surface area (Å²) in [6.07, 6.45) is 3.03. The number of alkyl halides is 1. The van der Waals surface area contributed by atoms with Crippen molar-refractivity contribution in [3.8, 4) is 0 Å². The van der Waals surface area contributed by atoms with Gasteiger partial charge < -0.3 is 4.90 Å². The second kappa shape index (κ2) is 5.88. The van der Waals surface area contributed by atoms with Crippen LogP contribution in [0, 0.1) is 11.8 Å². The highest BCUT2D eigenvalue weighted by Gasteiger charge is 2.29. The summed E-state index contributed by atoms with van der Waals surface area (Å²) in [5.74, 6) is 1.19. The maximum atomic E-state index is 12.1. The van der Waals surface area contributed by atoms with Crippen LogP contribution in [0.4, 0.5) is 0 Å². The van der Waals surface area contributed by atoms with E-state index in [1.54, 1.807) is 0 Å². The number of nitrogens with zero attached hydrogens (tertiary/aromatic N) is 1. The third kappa shape index (κ3) is 3.20. The summed E-state index contributed by atoms with van der Waals surface area (Å²) in [6, 6.07) is 0. The Morgan fingerprint density at radius 3 is 2.53 bits per heavy atom. The van der Waals surface area contributed by atoms with Gasteiger partial charge in [-0.3, -0.25) is 4.79 Å². The van der Waals surface area contributed by atoms with Crippen molar-refractivity contribution < 1.29 is 4.79 Å². The van der Waals surface area contributed by atoms with Gasteiger partial charge in [0, 0.05) is 23.8 Å². The molecular weight excluding hydrogens is 254 g/mol. The molecule has 0 aliphatic carbocycles. The molecule has 3 heteroatoms. The normalized spacial score (nSPS) is 27.1. The second-order valence-electron chi connectivity index (χ2n) is 4.58. The van der Waals surface area contributed by atoms with E-state index in [-0.39, 0.29) is 5.92 Å². The zero-order valence-electron chi connectivity index (χ0n) is 10.0. The number of amides is 1. The lowest BCUT2D eigenvalue weighted by molar-refractivity contribution is -0.137. The molecular formula is C12H22BrNO. The Kier molecular flexibility index (Phi) is 5.10. The van der Waals surface area contributed by atoms with Gasteiger partial charge in [-0.15, -0.1) is 0 Å². The molecule has 1 rings (SSSR count). The molecule has 0 aromatic carbocycles. The van der Waals surface area contributed by atoms with Gasteiger partial charge in [0.15, 0.2) is 0 Å². The molecule has 1 fully saturated rings. The van der Waals surface area contributed by atoms with Crippen LogP contribution in [0.15, 0.2) is 0 Å².